The van der Waals surface area contributed by atoms with Crippen molar-refractivity contribution in [1.29, 1.82) is 0 Å². The van der Waals surface area contributed by atoms with Crippen molar-refractivity contribution in [2.75, 3.05) is 26.2 Å². The molecule has 1 aliphatic heterocycles. The number of hydrogen-bond donors (Lipinski definition) is 1. The fourth-order valence-electron chi connectivity index (χ4n) is 2.68. The molecular weight excluding hydrogens is 264 g/mol. The van der Waals surface area contributed by atoms with Crippen LogP contribution in [0.25, 0.3) is 0 Å². The maximum absolute atomic E-state index is 5.33. The topological polar surface area (TPSA) is 54.2 Å². The molecule has 0 radical (unpaired) electrons. The van der Waals surface area contributed by atoms with Crippen molar-refractivity contribution >= 4 is 0 Å². The third-order valence-electron chi connectivity index (χ3n) is 4.05. The monoisotopic (exact) mass is 294 g/mol. The number of hydrogen-bond acceptors (Lipinski definition) is 5. The Kier molecular flexibility index (Phi) is 6.18. The number of likely N-dealkylation sites (tertiary alicyclic amines) is 1. The van der Waals surface area contributed by atoms with Crippen LogP contribution >= 0.6 is 0 Å². The molecule has 0 spiro atoms. The van der Waals surface area contributed by atoms with E-state index in [-0.39, 0.29) is 0 Å². The molecule has 1 saturated heterocycles. The lowest BCUT2D eigenvalue weighted by Gasteiger charge is -2.31. The van der Waals surface area contributed by atoms with Crippen molar-refractivity contribution in [3.05, 3.63) is 11.7 Å². The van der Waals surface area contributed by atoms with Crippen LogP contribution in [0.15, 0.2) is 4.52 Å². The number of nitrogens with one attached hydrogen (secondary N) is 1. The largest absolute Gasteiger partial charge is 0.338 e. The maximum Gasteiger partial charge on any atom is 0.240 e. The molecule has 5 nitrogen and oxygen atoms in total. The van der Waals surface area contributed by atoms with E-state index in [0.29, 0.717) is 5.92 Å². The normalized spacial score (nSPS) is 18.0. The Morgan fingerprint density at radius 2 is 1.95 bits per heavy atom. The second-order valence-electron chi connectivity index (χ2n) is 6.97. The van der Waals surface area contributed by atoms with Gasteiger partial charge < -0.3 is 9.84 Å². The molecule has 5 heteroatoms. The fraction of sp³-hybridized carbons (Fsp3) is 0.875. The molecule has 1 aromatic rings. The molecule has 0 aliphatic carbocycles. The highest BCUT2D eigenvalue weighted by Gasteiger charge is 2.21. The van der Waals surface area contributed by atoms with E-state index in [1.54, 1.807) is 0 Å². The second-order valence-corrected chi connectivity index (χ2v) is 6.97. The van der Waals surface area contributed by atoms with E-state index in [2.05, 4.69) is 48.1 Å². The summed E-state index contributed by atoms with van der Waals surface area (Å²) in [4.78, 5) is 6.89. The van der Waals surface area contributed by atoms with Crippen LogP contribution in [0, 0.1) is 11.8 Å². The quantitative estimate of drug-likeness (QED) is 0.838. The highest BCUT2D eigenvalue weighted by molar-refractivity contribution is 4.92. The Morgan fingerprint density at radius 1 is 1.24 bits per heavy atom. The van der Waals surface area contributed by atoms with Crippen LogP contribution in [-0.4, -0.2) is 41.2 Å². The van der Waals surface area contributed by atoms with E-state index in [1.165, 1.54) is 12.8 Å². The molecule has 1 fully saturated rings. The Morgan fingerprint density at radius 3 is 2.52 bits per heavy atom. The molecule has 0 unspecified atom stereocenters. The number of piperidine rings is 1. The van der Waals surface area contributed by atoms with Crippen LogP contribution in [0.3, 0.4) is 0 Å². The van der Waals surface area contributed by atoms with Crippen molar-refractivity contribution in [2.45, 2.75) is 53.0 Å². The van der Waals surface area contributed by atoms with E-state index in [0.717, 1.165) is 56.3 Å². The average molecular weight is 294 g/mol. The lowest BCUT2D eigenvalue weighted by atomic mass is 9.96. The number of nitrogens with zero attached hydrogens (tertiary/aromatic N) is 3. The van der Waals surface area contributed by atoms with Gasteiger partial charge in [-0.3, -0.25) is 4.90 Å². The lowest BCUT2D eigenvalue weighted by molar-refractivity contribution is 0.157. The summed E-state index contributed by atoms with van der Waals surface area (Å²) in [6.07, 6.45) is 2.52. The molecule has 1 aromatic heterocycles. The van der Waals surface area contributed by atoms with Gasteiger partial charge in [0.1, 0.15) is 0 Å². The maximum atomic E-state index is 5.33. The van der Waals surface area contributed by atoms with Gasteiger partial charge in [-0.2, -0.15) is 4.98 Å². The van der Waals surface area contributed by atoms with E-state index >= 15 is 0 Å². The molecule has 0 saturated carbocycles. The van der Waals surface area contributed by atoms with Gasteiger partial charge in [0.15, 0.2) is 5.82 Å². The zero-order chi connectivity index (χ0) is 15.2. The van der Waals surface area contributed by atoms with Gasteiger partial charge in [-0.25, -0.2) is 0 Å². The molecule has 2 heterocycles. The first kappa shape index (κ1) is 16.4. The summed E-state index contributed by atoms with van der Waals surface area (Å²) in [6.45, 7) is 14.0. The van der Waals surface area contributed by atoms with Gasteiger partial charge in [0.25, 0.3) is 0 Å². The van der Waals surface area contributed by atoms with Gasteiger partial charge in [0.05, 0.1) is 6.54 Å². The summed E-state index contributed by atoms with van der Waals surface area (Å²) in [6, 6.07) is 0. The van der Waals surface area contributed by atoms with E-state index in [4.69, 9.17) is 4.52 Å². The molecule has 0 aromatic carbocycles. The van der Waals surface area contributed by atoms with Gasteiger partial charge >= 0.3 is 0 Å². The Bertz CT molecular complexity index is 408. The molecule has 2 rings (SSSR count). The van der Waals surface area contributed by atoms with Crippen molar-refractivity contribution in [1.82, 2.24) is 20.4 Å². The van der Waals surface area contributed by atoms with Crippen LogP contribution in [0.2, 0.25) is 0 Å². The standard InChI is InChI=1S/C16H30N4O/c1-12(2)9-17-10-14-5-7-20(8-6-14)11-15-18-16(13(3)4)19-21-15/h12-14,17H,5-11H2,1-4H3. The van der Waals surface area contributed by atoms with Crippen molar-refractivity contribution in [2.24, 2.45) is 11.8 Å². The first-order chi connectivity index (χ1) is 10.0. The summed E-state index contributed by atoms with van der Waals surface area (Å²) in [5.41, 5.74) is 0. The lowest BCUT2D eigenvalue weighted by Crippen LogP contribution is -2.37. The molecule has 0 atom stereocenters. The number of aromatic nitrogens is 2. The van der Waals surface area contributed by atoms with Gasteiger partial charge in [-0.05, 0) is 50.9 Å². The van der Waals surface area contributed by atoms with E-state index < -0.39 is 0 Å². The zero-order valence-corrected chi connectivity index (χ0v) is 13.9. The highest BCUT2D eigenvalue weighted by atomic mass is 16.5. The van der Waals surface area contributed by atoms with Crippen LogP contribution in [0.5, 0.6) is 0 Å². The van der Waals surface area contributed by atoms with E-state index in [9.17, 15) is 0 Å². The predicted molar refractivity (Wildman–Crippen MR) is 84.1 cm³/mol. The van der Waals surface area contributed by atoms with Gasteiger partial charge in [0, 0.05) is 5.92 Å². The first-order valence-electron chi connectivity index (χ1n) is 8.30. The fourth-order valence-corrected chi connectivity index (χ4v) is 2.68. The Labute approximate surface area is 128 Å². The van der Waals surface area contributed by atoms with Crippen LogP contribution in [-0.2, 0) is 6.54 Å². The third kappa shape index (κ3) is 5.40. The average Bonchev–Trinajstić information content (AvgIpc) is 2.89. The SMILES string of the molecule is CC(C)CNCC1CCN(Cc2nc(C(C)C)no2)CC1. The molecule has 0 bridgehead atoms. The minimum atomic E-state index is 0.334. The van der Waals surface area contributed by atoms with E-state index in [1.807, 2.05) is 0 Å². The first-order valence-corrected chi connectivity index (χ1v) is 8.30. The Balaban J connectivity index is 1.68. The minimum absolute atomic E-state index is 0.334. The smallest absolute Gasteiger partial charge is 0.240 e. The van der Waals surface area contributed by atoms with Crippen molar-refractivity contribution < 1.29 is 4.52 Å². The third-order valence-corrected chi connectivity index (χ3v) is 4.05. The summed E-state index contributed by atoms with van der Waals surface area (Å²) in [5, 5.41) is 7.61. The summed E-state index contributed by atoms with van der Waals surface area (Å²) >= 11 is 0. The molecule has 21 heavy (non-hydrogen) atoms. The summed E-state index contributed by atoms with van der Waals surface area (Å²) in [5.74, 6) is 3.46. The molecule has 120 valence electrons. The van der Waals surface area contributed by atoms with Gasteiger partial charge in [0.2, 0.25) is 5.89 Å². The van der Waals surface area contributed by atoms with Crippen molar-refractivity contribution in [3.63, 3.8) is 0 Å². The predicted octanol–water partition coefficient (Wildman–Crippen LogP) is 2.65. The molecule has 1 aliphatic rings. The number of rotatable bonds is 7. The van der Waals surface area contributed by atoms with Crippen LogP contribution < -0.4 is 5.32 Å². The van der Waals surface area contributed by atoms with Crippen LogP contribution in [0.1, 0.15) is 58.2 Å². The van der Waals surface area contributed by atoms with Crippen molar-refractivity contribution in [3.8, 4) is 0 Å². The molecule has 0 amide bonds. The summed E-state index contributed by atoms with van der Waals surface area (Å²) < 4.78 is 5.33. The Hall–Kier alpha value is -0.940. The minimum Gasteiger partial charge on any atom is -0.338 e. The second kappa shape index (κ2) is 7.90. The van der Waals surface area contributed by atoms with Crippen LogP contribution in [0.4, 0.5) is 0 Å². The summed E-state index contributed by atoms with van der Waals surface area (Å²) in [7, 11) is 0. The molecular formula is C16H30N4O. The van der Waals surface area contributed by atoms with Gasteiger partial charge in [-0.15, -0.1) is 0 Å². The molecule has 1 N–H and O–H groups in total. The highest BCUT2D eigenvalue weighted by Crippen LogP contribution is 2.18. The zero-order valence-electron chi connectivity index (χ0n) is 13.9. The van der Waals surface area contributed by atoms with Gasteiger partial charge in [-0.1, -0.05) is 32.9 Å².